The van der Waals surface area contributed by atoms with E-state index in [-0.39, 0.29) is 24.9 Å². The standard InChI is InChI=1S/C21H23F3N6O/c1-12-3-4-16-18(13-7-15(8-13)21(22,23)24)27-20(28-19(16)26-12)30-5-6-31-17(11-30)14-9-25-29(2)10-14/h3-4,9-10,13,15,17H,5-8,11H2,1-2H3/t13?,15?,17-/m1/s1. The average Bonchev–Trinajstić information content (AvgIpc) is 3.12. The van der Waals surface area contributed by atoms with Crippen LogP contribution in [0.4, 0.5) is 19.1 Å². The highest BCUT2D eigenvalue weighted by molar-refractivity contribution is 5.79. The first kappa shape index (κ1) is 20.2. The van der Waals surface area contributed by atoms with E-state index in [1.165, 1.54) is 0 Å². The Morgan fingerprint density at radius 3 is 2.65 bits per heavy atom. The molecule has 1 aliphatic carbocycles. The average molecular weight is 432 g/mol. The molecule has 0 aromatic carbocycles. The Morgan fingerprint density at radius 2 is 1.94 bits per heavy atom. The summed E-state index contributed by atoms with van der Waals surface area (Å²) in [5, 5.41) is 4.94. The lowest BCUT2D eigenvalue weighted by Crippen LogP contribution is -2.40. The van der Waals surface area contributed by atoms with Crippen LogP contribution < -0.4 is 4.90 Å². The van der Waals surface area contributed by atoms with E-state index in [4.69, 9.17) is 9.72 Å². The Bertz CT molecular complexity index is 1110. The van der Waals surface area contributed by atoms with E-state index < -0.39 is 12.1 Å². The SMILES string of the molecule is Cc1ccc2c(C3CC(C(F)(F)F)C3)nc(N3CCO[C@@H](c4cnn(C)c4)C3)nc2n1. The second-order valence-corrected chi connectivity index (χ2v) is 8.39. The molecule has 164 valence electrons. The molecule has 10 heteroatoms. The van der Waals surface area contributed by atoms with E-state index in [1.54, 1.807) is 10.9 Å². The number of pyridine rings is 1. The Morgan fingerprint density at radius 1 is 1.13 bits per heavy atom. The summed E-state index contributed by atoms with van der Waals surface area (Å²) in [5.74, 6) is -1.01. The lowest BCUT2D eigenvalue weighted by Gasteiger charge is -2.37. The monoisotopic (exact) mass is 432 g/mol. The Kier molecular flexibility index (Phi) is 4.84. The van der Waals surface area contributed by atoms with Gasteiger partial charge in [0.05, 0.1) is 31.0 Å². The molecule has 1 atom stereocenters. The molecule has 3 aromatic rings. The number of ether oxygens (including phenoxy) is 1. The van der Waals surface area contributed by atoms with Crippen LogP contribution in [0.5, 0.6) is 0 Å². The van der Waals surface area contributed by atoms with E-state index >= 15 is 0 Å². The second kappa shape index (κ2) is 7.44. The molecule has 0 unspecified atom stereocenters. The summed E-state index contributed by atoms with van der Waals surface area (Å²) in [7, 11) is 1.85. The van der Waals surface area contributed by atoms with Crippen molar-refractivity contribution in [2.75, 3.05) is 24.6 Å². The van der Waals surface area contributed by atoms with Gasteiger partial charge in [-0.2, -0.15) is 23.3 Å². The number of aromatic nitrogens is 5. The van der Waals surface area contributed by atoms with Crippen molar-refractivity contribution in [1.29, 1.82) is 0 Å². The molecule has 0 bridgehead atoms. The summed E-state index contributed by atoms with van der Waals surface area (Å²) in [6.07, 6.45) is -0.518. The summed E-state index contributed by atoms with van der Waals surface area (Å²) >= 11 is 0. The summed E-state index contributed by atoms with van der Waals surface area (Å²) < 4.78 is 46.8. The first-order chi connectivity index (χ1) is 14.8. The van der Waals surface area contributed by atoms with Gasteiger partial charge < -0.3 is 9.64 Å². The first-order valence-electron chi connectivity index (χ1n) is 10.3. The number of alkyl halides is 3. The van der Waals surface area contributed by atoms with Crippen molar-refractivity contribution in [3.8, 4) is 0 Å². The van der Waals surface area contributed by atoms with Crippen molar-refractivity contribution in [3.05, 3.63) is 41.5 Å². The van der Waals surface area contributed by atoms with E-state index in [0.717, 1.165) is 16.6 Å². The molecule has 5 rings (SSSR count). The van der Waals surface area contributed by atoms with Crippen molar-refractivity contribution in [2.45, 2.75) is 38.0 Å². The highest BCUT2D eigenvalue weighted by Gasteiger charge is 2.49. The predicted molar refractivity (Wildman–Crippen MR) is 108 cm³/mol. The van der Waals surface area contributed by atoms with Crippen LogP contribution in [-0.4, -0.2) is 50.6 Å². The topological polar surface area (TPSA) is 69.0 Å². The van der Waals surface area contributed by atoms with Gasteiger partial charge in [0.15, 0.2) is 5.65 Å². The fourth-order valence-corrected chi connectivity index (χ4v) is 4.32. The molecule has 7 nitrogen and oxygen atoms in total. The van der Waals surface area contributed by atoms with Crippen LogP contribution in [0.2, 0.25) is 0 Å². The minimum atomic E-state index is -4.15. The molecule has 1 saturated carbocycles. The van der Waals surface area contributed by atoms with E-state index in [0.29, 0.717) is 37.0 Å². The van der Waals surface area contributed by atoms with Crippen LogP contribution in [0.1, 0.15) is 41.8 Å². The molecule has 0 amide bonds. The maximum Gasteiger partial charge on any atom is 0.391 e. The fraction of sp³-hybridized carbons (Fsp3) is 0.524. The smallest absolute Gasteiger partial charge is 0.370 e. The highest BCUT2D eigenvalue weighted by Crippen LogP contribution is 2.50. The van der Waals surface area contributed by atoms with Gasteiger partial charge in [0.2, 0.25) is 5.95 Å². The van der Waals surface area contributed by atoms with Crippen molar-refractivity contribution in [3.63, 3.8) is 0 Å². The molecule has 1 aliphatic heterocycles. The van der Waals surface area contributed by atoms with Crippen LogP contribution in [0.25, 0.3) is 11.0 Å². The van der Waals surface area contributed by atoms with E-state index in [1.807, 2.05) is 37.2 Å². The molecular weight excluding hydrogens is 409 g/mol. The van der Waals surface area contributed by atoms with Crippen LogP contribution in [-0.2, 0) is 11.8 Å². The van der Waals surface area contributed by atoms with E-state index in [2.05, 4.69) is 15.1 Å². The highest BCUT2D eigenvalue weighted by atomic mass is 19.4. The van der Waals surface area contributed by atoms with Gasteiger partial charge in [0.25, 0.3) is 0 Å². The van der Waals surface area contributed by atoms with Gasteiger partial charge in [-0.15, -0.1) is 0 Å². The van der Waals surface area contributed by atoms with Crippen molar-refractivity contribution >= 4 is 17.0 Å². The van der Waals surface area contributed by atoms with Crippen LogP contribution in [0, 0.1) is 12.8 Å². The van der Waals surface area contributed by atoms with Crippen molar-refractivity contribution < 1.29 is 17.9 Å². The zero-order valence-corrected chi connectivity index (χ0v) is 17.3. The molecule has 1 saturated heterocycles. The van der Waals surface area contributed by atoms with Crippen LogP contribution in [0.3, 0.4) is 0 Å². The van der Waals surface area contributed by atoms with Gasteiger partial charge >= 0.3 is 6.18 Å². The molecule has 4 heterocycles. The quantitative estimate of drug-likeness (QED) is 0.629. The minimum Gasteiger partial charge on any atom is -0.370 e. The van der Waals surface area contributed by atoms with Gasteiger partial charge in [0.1, 0.15) is 6.10 Å². The molecule has 3 aromatic heterocycles. The van der Waals surface area contributed by atoms with Crippen LogP contribution >= 0.6 is 0 Å². The maximum absolute atomic E-state index is 13.1. The summed E-state index contributed by atoms with van der Waals surface area (Å²) in [6.45, 7) is 3.51. The second-order valence-electron chi connectivity index (χ2n) is 8.39. The number of rotatable bonds is 3. The molecular formula is C21H23F3N6O. The molecule has 2 fully saturated rings. The summed E-state index contributed by atoms with van der Waals surface area (Å²) in [6, 6.07) is 3.72. The summed E-state index contributed by atoms with van der Waals surface area (Å²) in [4.78, 5) is 16.0. The van der Waals surface area contributed by atoms with Gasteiger partial charge in [-0.3, -0.25) is 4.68 Å². The third-order valence-electron chi connectivity index (χ3n) is 6.15. The zero-order valence-electron chi connectivity index (χ0n) is 17.3. The van der Waals surface area contributed by atoms with Crippen LogP contribution in [0.15, 0.2) is 24.5 Å². The van der Waals surface area contributed by atoms with Crippen molar-refractivity contribution in [1.82, 2.24) is 24.7 Å². The third kappa shape index (κ3) is 3.84. The number of morpholine rings is 1. The normalized spacial score (nSPS) is 24.4. The van der Waals surface area contributed by atoms with Crippen molar-refractivity contribution in [2.24, 2.45) is 13.0 Å². The number of fused-ring (bicyclic) bond motifs is 1. The van der Waals surface area contributed by atoms with E-state index in [9.17, 15) is 13.2 Å². The maximum atomic E-state index is 13.1. The Hall–Kier alpha value is -2.75. The molecule has 31 heavy (non-hydrogen) atoms. The number of anilines is 1. The third-order valence-corrected chi connectivity index (χ3v) is 6.15. The lowest BCUT2D eigenvalue weighted by molar-refractivity contribution is -0.197. The first-order valence-corrected chi connectivity index (χ1v) is 10.3. The largest absolute Gasteiger partial charge is 0.391 e. The van der Waals surface area contributed by atoms with Gasteiger partial charge in [0, 0.05) is 42.4 Å². The van der Waals surface area contributed by atoms with Gasteiger partial charge in [-0.25, -0.2) is 9.97 Å². The van der Waals surface area contributed by atoms with Gasteiger partial charge in [-0.05, 0) is 31.9 Å². The summed E-state index contributed by atoms with van der Waals surface area (Å²) in [5.41, 5.74) is 2.96. The molecule has 2 aliphatic rings. The fourth-order valence-electron chi connectivity index (χ4n) is 4.32. The molecule has 0 radical (unpaired) electrons. The Labute approximate surface area is 177 Å². The number of aryl methyl sites for hydroxylation is 2. The van der Waals surface area contributed by atoms with Gasteiger partial charge in [-0.1, -0.05) is 0 Å². The lowest BCUT2D eigenvalue weighted by atomic mass is 9.72. The number of halogens is 3. The molecule has 0 spiro atoms. The minimum absolute atomic E-state index is 0.0599. The Balaban J connectivity index is 1.47. The zero-order chi connectivity index (χ0) is 21.8. The molecule has 0 N–H and O–H groups in total. The number of hydrogen-bond donors (Lipinski definition) is 0. The number of hydrogen-bond acceptors (Lipinski definition) is 6. The predicted octanol–water partition coefficient (Wildman–Crippen LogP) is 3.70. The number of nitrogens with zero attached hydrogens (tertiary/aromatic N) is 6.